The molecule has 1 aliphatic heterocycles. The number of carbonyl (C=O) groups is 2. The van der Waals surface area contributed by atoms with E-state index >= 15 is 0 Å². The number of para-hydroxylation sites is 1. The molecule has 2 N–H and O–H groups in total. The van der Waals surface area contributed by atoms with E-state index in [1.54, 1.807) is 40.4 Å². The van der Waals surface area contributed by atoms with Crippen molar-refractivity contribution in [3.63, 3.8) is 0 Å². The zero-order valence-electron chi connectivity index (χ0n) is 17.5. The maximum Gasteiger partial charge on any atom is 0.239 e. The molecule has 2 amide bonds. The van der Waals surface area contributed by atoms with E-state index in [2.05, 4.69) is 25.5 Å². The van der Waals surface area contributed by atoms with Crippen LogP contribution in [-0.2, 0) is 16.1 Å². The first-order chi connectivity index (χ1) is 15.6. The SMILES string of the molecule is O=C(CN1CCN(CC(=O)Nc2ccnn2Cc2cccs2)CC1)Nc1ccccc1Cl. The largest absolute Gasteiger partial charge is 0.324 e. The van der Waals surface area contributed by atoms with Gasteiger partial charge in [-0.2, -0.15) is 5.10 Å². The Kier molecular flexibility index (Phi) is 7.54. The minimum Gasteiger partial charge on any atom is -0.324 e. The zero-order chi connectivity index (χ0) is 22.3. The van der Waals surface area contributed by atoms with Gasteiger partial charge in [-0.15, -0.1) is 11.3 Å². The van der Waals surface area contributed by atoms with E-state index in [0.29, 0.717) is 36.2 Å². The Morgan fingerprint density at radius 2 is 1.62 bits per heavy atom. The molecule has 1 saturated heterocycles. The molecule has 0 saturated carbocycles. The predicted octanol–water partition coefficient (Wildman–Crippen LogP) is 2.84. The number of benzene rings is 1. The van der Waals surface area contributed by atoms with Crippen molar-refractivity contribution in [2.45, 2.75) is 6.54 Å². The fourth-order valence-electron chi connectivity index (χ4n) is 3.56. The first kappa shape index (κ1) is 22.5. The highest BCUT2D eigenvalue weighted by molar-refractivity contribution is 7.09. The summed E-state index contributed by atoms with van der Waals surface area (Å²) in [5.41, 5.74) is 0.618. The maximum atomic E-state index is 12.5. The lowest BCUT2D eigenvalue weighted by Gasteiger charge is -2.33. The topological polar surface area (TPSA) is 82.5 Å². The molecule has 0 unspecified atom stereocenters. The van der Waals surface area contributed by atoms with Gasteiger partial charge in [0.2, 0.25) is 11.8 Å². The monoisotopic (exact) mass is 472 g/mol. The first-order valence-electron chi connectivity index (χ1n) is 10.4. The molecule has 0 radical (unpaired) electrons. The van der Waals surface area contributed by atoms with E-state index < -0.39 is 0 Å². The fourth-order valence-corrected chi connectivity index (χ4v) is 4.43. The first-order valence-corrected chi connectivity index (χ1v) is 11.7. The lowest BCUT2D eigenvalue weighted by molar-refractivity contribution is -0.120. The quantitative estimate of drug-likeness (QED) is 0.526. The third-order valence-corrected chi connectivity index (χ3v) is 6.41. The highest BCUT2D eigenvalue weighted by Crippen LogP contribution is 2.20. The predicted molar refractivity (Wildman–Crippen MR) is 127 cm³/mol. The molecular formula is C22H25ClN6O2S. The molecule has 0 spiro atoms. The molecule has 0 atom stereocenters. The number of hydrogen-bond acceptors (Lipinski definition) is 6. The molecule has 2 aromatic heterocycles. The van der Waals surface area contributed by atoms with E-state index in [0.717, 1.165) is 26.2 Å². The summed E-state index contributed by atoms with van der Waals surface area (Å²) in [7, 11) is 0. The van der Waals surface area contributed by atoms with Crippen LogP contribution in [0.5, 0.6) is 0 Å². The third kappa shape index (κ3) is 6.17. The van der Waals surface area contributed by atoms with Gasteiger partial charge in [-0.3, -0.25) is 19.4 Å². The van der Waals surface area contributed by atoms with Crippen molar-refractivity contribution in [2.75, 3.05) is 49.9 Å². The van der Waals surface area contributed by atoms with Crippen LogP contribution in [0.4, 0.5) is 11.5 Å². The number of anilines is 2. The number of nitrogens with zero attached hydrogens (tertiary/aromatic N) is 4. The molecule has 0 aliphatic carbocycles. The number of thiophene rings is 1. The van der Waals surface area contributed by atoms with Crippen LogP contribution in [0, 0.1) is 0 Å². The summed E-state index contributed by atoms with van der Waals surface area (Å²) >= 11 is 7.76. The summed E-state index contributed by atoms with van der Waals surface area (Å²) in [6, 6.07) is 13.0. The Hall–Kier alpha value is -2.72. The smallest absolute Gasteiger partial charge is 0.239 e. The van der Waals surface area contributed by atoms with Gasteiger partial charge in [0.15, 0.2) is 0 Å². The Balaban J connectivity index is 1.20. The van der Waals surface area contributed by atoms with Crippen molar-refractivity contribution in [1.82, 2.24) is 19.6 Å². The second-order valence-corrected chi connectivity index (χ2v) is 9.02. The second kappa shape index (κ2) is 10.7. The van der Waals surface area contributed by atoms with Gasteiger partial charge in [0.1, 0.15) is 5.82 Å². The maximum absolute atomic E-state index is 12.5. The molecule has 8 nitrogen and oxygen atoms in total. The highest BCUT2D eigenvalue weighted by atomic mass is 35.5. The van der Waals surface area contributed by atoms with Crippen LogP contribution in [0.1, 0.15) is 4.88 Å². The van der Waals surface area contributed by atoms with Gasteiger partial charge in [0.25, 0.3) is 0 Å². The Bertz CT molecular complexity index is 1050. The van der Waals surface area contributed by atoms with Gasteiger partial charge in [-0.05, 0) is 23.6 Å². The zero-order valence-corrected chi connectivity index (χ0v) is 19.1. The van der Waals surface area contributed by atoms with Crippen molar-refractivity contribution in [2.24, 2.45) is 0 Å². The van der Waals surface area contributed by atoms with Crippen LogP contribution in [0.15, 0.2) is 54.0 Å². The number of hydrogen-bond donors (Lipinski definition) is 2. The molecule has 3 heterocycles. The van der Waals surface area contributed by atoms with Gasteiger partial charge >= 0.3 is 0 Å². The van der Waals surface area contributed by atoms with Gasteiger partial charge in [0.05, 0.1) is 36.5 Å². The standard InChI is InChI=1S/C22H25ClN6O2S/c23-18-5-1-2-6-19(18)25-21(30)15-27-9-11-28(12-10-27)16-22(31)26-20-7-8-24-29(20)14-17-4-3-13-32-17/h1-8,13H,9-12,14-16H2,(H,25,30)(H,26,31). The number of rotatable bonds is 8. The lowest BCUT2D eigenvalue weighted by Crippen LogP contribution is -2.50. The van der Waals surface area contributed by atoms with Crippen LogP contribution in [0.3, 0.4) is 0 Å². The van der Waals surface area contributed by atoms with E-state index in [4.69, 9.17) is 11.6 Å². The summed E-state index contributed by atoms with van der Waals surface area (Å²) in [4.78, 5) is 30.2. The van der Waals surface area contributed by atoms with E-state index in [1.807, 2.05) is 29.6 Å². The molecule has 0 bridgehead atoms. The number of aromatic nitrogens is 2. The average Bonchev–Trinajstić information content (AvgIpc) is 3.44. The van der Waals surface area contributed by atoms with Crippen LogP contribution in [0.2, 0.25) is 5.02 Å². The van der Waals surface area contributed by atoms with Crippen molar-refractivity contribution < 1.29 is 9.59 Å². The van der Waals surface area contributed by atoms with Crippen LogP contribution in [0.25, 0.3) is 0 Å². The number of piperazine rings is 1. The number of amides is 2. The summed E-state index contributed by atoms with van der Waals surface area (Å²) < 4.78 is 1.79. The minimum atomic E-state index is -0.0942. The summed E-state index contributed by atoms with van der Waals surface area (Å²) in [6.07, 6.45) is 1.69. The van der Waals surface area contributed by atoms with Crippen LogP contribution < -0.4 is 10.6 Å². The lowest BCUT2D eigenvalue weighted by atomic mass is 10.3. The van der Waals surface area contributed by atoms with Gasteiger partial charge in [-0.1, -0.05) is 29.8 Å². The van der Waals surface area contributed by atoms with Crippen molar-refractivity contribution in [1.29, 1.82) is 0 Å². The van der Waals surface area contributed by atoms with E-state index in [1.165, 1.54) is 4.88 Å². The van der Waals surface area contributed by atoms with Crippen molar-refractivity contribution in [3.8, 4) is 0 Å². The molecular weight excluding hydrogens is 448 g/mol. The van der Waals surface area contributed by atoms with Crippen molar-refractivity contribution >= 4 is 46.3 Å². The Morgan fingerprint density at radius 1 is 0.938 bits per heavy atom. The molecule has 3 aromatic rings. The van der Waals surface area contributed by atoms with E-state index in [-0.39, 0.29) is 11.8 Å². The summed E-state index contributed by atoms with van der Waals surface area (Å²) in [5.74, 6) is 0.532. The normalized spacial score (nSPS) is 14.9. The van der Waals surface area contributed by atoms with Crippen LogP contribution in [-0.4, -0.2) is 70.7 Å². The molecule has 10 heteroatoms. The minimum absolute atomic E-state index is 0.0668. The average molecular weight is 473 g/mol. The van der Waals surface area contributed by atoms with Crippen molar-refractivity contribution in [3.05, 3.63) is 63.9 Å². The molecule has 168 valence electrons. The molecule has 32 heavy (non-hydrogen) atoms. The number of halogens is 1. The summed E-state index contributed by atoms with van der Waals surface area (Å²) in [6.45, 7) is 4.13. The Morgan fingerprint density at radius 3 is 2.28 bits per heavy atom. The second-order valence-electron chi connectivity index (χ2n) is 7.58. The fraction of sp³-hybridized carbons (Fsp3) is 0.318. The van der Waals surface area contributed by atoms with Gasteiger partial charge < -0.3 is 10.6 Å². The highest BCUT2D eigenvalue weighted by Gasteiger charge is 2.21. The molecule has 1 aliphatic rings. The summed E-state index contributed by atoms with van der Waals surface area (Å²) in [5, 5.41) is 12.7. The van der Waals surface area contributed by atoms with Gasteiger partial charge in [0, 0.05) is 37.1 Å². The Labute approximate surface area is 195 Å². The third-order valence-electron chi connectivity index (χ3n) is 5.22. The number of nitrogens with one attached hydrogen (secondary N) is 2. The molecule has 1 aromatic carbocycles. The van der Waals surface area contributed by atoms with Gasteiger partial charge in [-0.25, -0.2) is 4.68 Å². The molecule has 1 fully saturated rings. The number of carbonyl (C=O) groups excluding carboxylic acids is 2. The molecule has 4 rings (SSSR count). The van der Waals surface area contributed by atoms with Crippen LogP contribution >= 0.6 is 22.9 Å². The van der Waals surface area contributed by atoms with E-state index in [9.17, 15) is 9.59 Å².